The molecule has 1 aromatic rings. The summed E-state index contributed by atoms with van der Waals surface area (Å²) in [7, 11) is 0. The molecule has 0 spiro atoms. The number of hydrogen-bond donors (Lipinski definition) is 4. The van der Waals surface area contributed by atoms with E-state index in [9.17, 15) is 0 Å². The van der Waals surface area contributed by atoms with Crippen molar-refractivity contribution in [2.45, 2.75) is 32.1 Å². The average molecular weight is 278 g/mol. The molecule has 0 heterocycles. The fourth-order valence-corrected chi connectivity index (χ4v) is 2.70. The molecule has 6 N–H and O–H groups in total. The van der Waals surface area contributed by atoms with Gasteiger partial charge in [-0.05, 0) is 56.2 Å². The van der Waals surface area contributed by atoms with E-state index < -0.39 is 0 Å². The van der Waals surface area contributed by atoms with E-state index in [2.05, 4.69) is 18.9 Å². The third kappa shape index (κ3) is 2.98. The van der Waals surface area contributed by atoms with Gasteiger partial charge >= 0.3 is 0 Å². The fourth-order valence-electron chi connectivity index (χ4n) is 2.59. The molecule has 1 aromatic carbocycles. The SMILES string of the molecule is C/C(=C(/N)C(c1cccc(N)c1)C1CCC1)N(N)S. The van der Waals surface area contributed by atoms with E-state index in [1.54, 1.807) is 0 Å². The lowest BCUT2D eigenvalue weighted by Gasteiger charge is -2.35. The predicted molar refractivity (Wildman–Crippen MR) is 82.8 cm³/mol. The van der Waals surface area contributed by atoms with Crippen molar-refractivity contribution in [3.8, 4) is 0 Å². The third-order valence-corrected chi connectivity index (χ3v) is 4.29. The van der Waals surface area contributed by atoms with Crippen molar-refractivity contribution in [1.29, 1.82) is 0 Å². The zero-order valence-electron chi connectivity index (χ0n) is 11.2. The van der Waals surface area contributed by atoms with Crippen molar-refractivity contribution >= 4 is 18.5 Å². The molecule has 0 radical (unpaired) electrons. The van der Waals surface area contributed by atoms with E-state index in [1.807, 2.05) is 25.1 Å². The Morgan fingerprint density at radius 2 is 2.11 bits per heavy atom. The van der Waals surface area contributed by atoms with Gasteiger partial charge in [-0.15, -0.1) is 0 Å². The van der Waals surface area contributed by atoms with E-state index in [0.29, 0.717) is 5.92 Å². The molecule has 19 heavy (non-hydrogen) atoms. The largest absolute Gasteiger partial charge is 0.400 e. The number of anilines is 1. The van der Waals surface area contributed by atoms with Crippen LogP contribution in [0.3, 0.4) is 0 Å². The molecule has 0 aliphatic heterocycles. The van der Waals surface area contributed by atoms with Gasteiger partial charge in [-0.2, -0.15) is 0 Å². The third-order valence-electron chi connectivity index (χ3n) is 3.99. The normalized spacial score (nSPS) is 18.5. The minimum absolute atomic E-state index is 0.176. The number of rotatable bonds is 4. The minimum Gasteiger partial charge on any atom is -0.400 e. The Kier molecular flexibility index (Phi) is 4.27. The van der Waals surface area contributed by atoms with Gasteiger partial charge in [-0.1, -0.05) is 18.6 Å². The van der Waals surface area contributed by atoms with Gasteiger partial charge in [0.2, 0.25) is 0 Å². The molecule has 1 aliphatic carbocycles. The average Bonchev–Trinajstić information content (AvgIpc) is 2.31. The molecule has 0 bridgehead atoms. The van der Waals surface area contributed by atoms with Crippen LogP contribution in [0, 0.1) is 5.92 Å². The van der Waals surface area contributed by atoms with Gasteiger partial charge in [0.1, 0.15) is 0 Å². The van der Waals surface area contributed by atoms with E-state index in [0.717, 1.165) is 22.6 Å². The first kappa shape index (κ1) is 14.1. The first-order chi connectivity index (χ1) is 9.00. The smallest absolute Gasteiger partial charge is 0.0578 e. The summed E-state index contributed by atoms with van der Waals surface area (Å²) in [5.41, 5.74) is 15.7. The van der Waals surface area contributed by atoms with Gasteiger partial charge in [0, 0.05) is 17.3 Å². The van der Waals surface area contributed by atoms with Crippen molar-refractivity contribution in [1.82, 2.24) is 4.41 Å². The summed E-state index contributed by atoms with van der Waals surface area (Å²) in [5.74, 6) is 6.43. The number of hydrogen-bond acceptors (Lipinski definition) is 5. The standard InChI is InChI=1S/C14H22N4S/c1-9(18(17)19)14(16)13(10-4-2-5-10)11-6-3-7-12(15)8-11/h3,6-8,10,13,19H,2,4-5,15-17H2,1H3/b14-9-. The number of benzene rings is 1. The van der Waals surface area contributed by atoms with E-state index >= 15 is 0 Å². The van der Waals surface area contributed by atoms with Crippen molar-refractivity contribution in [3.63, 3.8) is 0 Å². The summed E-state index contributed by atoms with van der Waals surface area (Å²) in [6.07, 6.45) is 3.66. The Labute approximate surface area is 120 Å². The fraction of sp³-hybridized carbons (Fsp3) is 0.429. The highest BCUT2D eigenvalue weighted by Crippen LogP contribution is 2.43. The van der Waals surface area contributed by atoms with Crippen LogP contribution in [0.5, 0.6) is 0 Å². The predicted octanol–water partition coefficient (Wildman–Crippen LogP) is 2.36. The number of thiol groups is 1. The summed E-state index contributed by atoms with van der Waals surface area (Å²) in [5, 5.41) is 0. The van der Waals surface area contributed by atoms with Crippen LogP contribution >= 0.6 is 12.8 Å². The first-order valence-corrected chi connectivity index (χ1v) is 6.96. The Morgan fingerprint density at radius 1 is 1.42 bits per heavy atom. The Morgan fingerprint density at radius 3 is 2.58 bits per heavy atom. The van der Waals surface area contributed by atoms with Crippen LogP contribution in [0.4, 0.5) is 5.69 Å². The highest BCUT2D eigenvalue weighted by Gasteiger charge is 2.31. The zero-order chi connectivity index (χ0) is 14.0. The number of nitrogens with two attached hydrogens (primary N) is 3. The van der Waals surface area contributed by atoms with Crippen LogP contribution in [-0.2, 0) is 0 Å². The molecule has 1 fully saturated rings. The summed E-state index contributed by atoms with van der Waals surface area (Å²) in [6.45, 7) is 1.89. The maximum atomic E-state index is 6.32. The quantitative estimate of drug-likeness (QED) is 0.295. The second-order valence-electron chi connectivity index (χ2n) is 5.22. The topological polar surface area (TPSA) is 81.3 Å². The summed E-state index contributed by atoms with van der Waals surface area (Å²) in [4.78, 5) is 0. The lowest BCUT2D eigenvalue weighted by atomic mass is 9.71. The monoisotopic (exact) mass is 278 g/mol. The highest BCUT2D eigenvalue weighted by atomic mass is 32.1. The van der Waals surface area contributed by atoms with Crippen molar-refractivity contribution in [2.24, 2.45) is 17.5 Å². The molecule has 0 aromatic heterocycles. The van der Waals surface area contributed by atoms with E-state index in [-0.39, 0.29) is 5.92 Å². The second kappa shape index (κ2) is 5.75. The number of nitrogen functional groups attached to an aromatic ring is 1. The molecule has 5 heteroatoms. The van der Waals surface area contributed by atoms with Gasteiger partial charge in [0.05, 0.1) is 5.70 Å². The van der Waals surface area contributed by atoms with Crippen molar-refractivity contribution < 1.29 is 0 Å². The van der Waals surface area contributed by atoms with Gasteiger partial charge in [0.15, 0.2) is 0 Å². The van der Waals surface area contributed by atoms with Gasteiger partial charge in [0.25, 0.3) is 0 Å². The maximum absolute atomic E-state index is 6.32. The Bertz CT molecular complexity index is 480. The van der Waals surface area contributed by atoms with Crippen LogP contribution in [0.25, 0.3) is 0 Å². The molecule has 1 unspecified atom stereocenters. The van der Waals surface area contributed by atoms with Crippen LogP contribution in [-0.4, -0.2) is 4.41 Å². The van der Waals surface area contributed by atoms with Crippen LogP contribution in [0.2, 0.25) is 0 Å². The van der Waals surface area contributed by atoms with Crippen molar-refractivity contribution in [3.05, 3.63) is 41.2 Å². The van der Waals surface area contributed by atoms with Crippen LogP contribution in [0.15, 0.2) is 35.7 Å². The molecular weight excluding hydrogens is 256 g/mol. The van der Waals surface area contributed by atoms with Gasteiger partial charge < -0.3 is 11.5 Å². The molecular formula is C14H22N4S. The molecule has 0 saturated heterocycles. The lowest BCUT2D eigenvalue weighted by Crippen LogP contribution is -2.29. The molecule has 4 nitrogen and oxygen atoms in total. The summed E-state index contributed by atoms with van der Waals surface area (Å²) < 4.78 is 1.29. The lowest BCUT2D eigenvalue weighted by molar-refractivity contribution is 0.277. The molecule has 1 saturated carbocycles. The van der Waals surface area contributed by atoms with Crippen LogP contribution in [0.1, 0.15) is 37.7 Å². The first-order valence-electron chi connectivity index (χ1n) is 6.56. The number of allylic oxidation sites excluding steroid dienone is 2. The molecule has 2 rings (SSSR count). The second-order valence-corrected chi connectivity index (χ2v) is 5.66. The van der Waals surface area contributed by atoms with E-state index in [1.165, 1.54) is 23.7 Å². The van der Waals surface area contributed by atoms with Crippen LogP contribution < -0.4 is 17.3 Å². The number of nitrogens with zero attached hydrogens (tertiary/aromatic N) is 1. The Hall–Kier alpha value is -1.33. The van der Waals surface area contributed by atoms with Gasteiger partial charge in [-0.3, -0.25) is 4.41 Å². The maximum Gasteiger partial charge on any atom is 0.0578 e. The van der Waals surface area contributed by atoms with Crippen molar-refractivity contribution in [2.75, 3.05) is 5.73 Å². The summed E-state index contributed by atoms with van der Waals surface area (Å²) in [6, 6.07) is 7.95. The highest BCUT2D eigenvalue weighted by molar-refractivity contribution is 7.77. The number of hydrazine groups is 1. The molecule has 1 aliphatic rings. The molecule has 0 amide bonds. The van der Waals surface area contributed by atoms with E-state index in [4.69, 9.17) is 17.3 Å². The Balaban J connectivity index is 2.39. The summed E-state index contributed by atoms with van der Waals surface area (Å²) >= 11 is 4.12. The molecule has 104 valence electrons. The molecule has 1 atom stereocenters. The zero-order valence-corrected chi connectivity index (χ0v) is 12.1. The van der Waals surface area contributed by atoms with Gasteiger partial charge in [-0.25, -0.2) is 5.84 Å². The minimum atomic E-state index is 0.176.